The smallest absolute Gasteiger partial charge is 0.325 e. The van der Waals surface area contributed by atoms with Gasteiger partial charge < -0.3 is 5.11 Å². The first-order valence-corrected chi connectivity index (χ1v) is 6.89. The molecule has 0 saturated heterocycles. The molecule has 2 unspecified atom stereocenters. The summed E-state index contributed by atoms with van der Waals surface area (Å²) in [6.45, 7) is 1.92. The minimum absolute atomic E-state index is 0.186. The molecule has 2 atom stereocenters. The van der Waals surface area contributed by atoms with E-state index in [0.717, 1.165) is 11.1 Å². The van der Waals surface area contributed by atoms with E-state index in [9.17, 15) is 9.90 Å². The number of carbonyl (C=O) groups is 1. The summed E-state index contributed by atoms with van der Waals surface area (Å²) in [5.41, 5.74) is 1.74. The molecule has 0 amide bonds. The number of alkyl halides is 1. The average molecular weight is 319 g/mol. The van der Waals surface area contributed by atoms with Gasteiger partial charge in [-0.25, -0.2) is 0 Å². The van der Waals surface area contributed by atoms with E-state index in [1.54, 1.807) is 0 Å². The fourth-order valence-electron chi connectivity index (χ4n) is 2.21. The Labute approximate surface area is 121 Å². The molecule has 0 saturated carbocycles. The highest BCUT2D eigenvalue weighted by atomic mass is 79.9. The van der Waals surface area contributed by atoms with Crippen LogP contribution in [0.5, 0.6) is 0 Å². The second-order valence-electron chi connectivity index (χ2n) is 4.52. The number of carboxylic acid groups (broad SMARTS) is 1. The number of benzene rings is 2. The van der Waals surface area contributed by atoms with E-state index in [1.807, 2.05) is 67.6 Å². The Hall–Kier alpha value is -1.61. The highest BCUT2D eigenvalue weighted by Crippen LogP contribution is 2.44. The highest BCUT2D eigenvalue weighted by Gasteiger charge is 2.43. The number of hydrogen-bond donors (Lipinski definition) is 1. The zero-order valence-corrected chi connectivity index (χ0v) is 12.2. The third kappa shape index (κ3) is 2.56. The highest BCUT2D eigenvalue weighted by molar-refractivity contribution is 9.10. The van der Waals surface area contributed by atoms with Crippen molar-refractivity contribution in [2.45, 2.75) is 17.2 Å². The van der Waals surface area contributed by atoms with Crippen LogP contribution in [0.25, 0.3) is 0 Å². The first-order chi connectivity index (χ1) is 9.06. The topological polar surface area (TPSA) is 37.3 Å². The zero-order valence-electron chi connectivity index (χ0n) is 10.6. The molecule has 0 aromatic heterocycles. The number of halogens is 1. The van der Waals surface area contributed by atoms with E-state index in [-0.39, 0.29) is 5.92 Å². The lowest BCUT2D eigenvalue weighted by molar-refractivity contribution is -0.140. The maximum atomic E-state index is 11.8. The van der Waals surface area contributed by atoms with Gasteiger partial charge in [-0.05, 0) is 11.1 Å². The van der Waals surface area contributed by atoms with Crippen molar-refractivity contribution in [3.05, 3.63) is 71.8 Å². The largest absolute Gasteiger partial charge is 0.480 e. The molecule has 0 heterocycles. The molecule has 0 spiro atoms. The van der Waals surface area contributed by atoms with Gasteiger partial charge in [-0.1, -0.05) is 83.5 Å². The number of hydrogen-bond acceptors (Lipinski definition) is 1. The molecule has 1 N–H and O–H groups in total. The van der Waals surface area contributed by atoms with Crippen molar-refractivity contribution >= 4 is 21.9 Å². The molecule has 0 aliphatic heterocycles. The van der Waals surface area contributed by atoms with Crippen LogP contribution in [0.15, 0.2) is 60.7 Å². The van der Waals surface area contributed by atoms with E-state index < -0.39 is 10.3 Å². The lowest BCUT2D eigenvalue weighted by Crippen LogP contribution is -2.34. The molecule has 98 valence electrons. The van der Waals surface area contributed by atoms with Crippen molar-refractivity contribution in [2.24, 2.45) is 0 Å². The van der Waals surface area contributed by atoms with Crippen molar-refractivity contribution in [3.8, 4) is 0 Å². The Morgan fingerprint density at radius 2 is 1.53 bits per heavy atom. The molecule has 2 aromatic carbocycles. The van der Waals surface area contributed by atoms with Crippen molar-refractivity contribution < 1.29 is 9.90 Å². The van der Waals surface area contributed by atoms with E-state index in [1.165, 1.54) is 0 Å². The number of carboxylic acids is 1. The van der Waals surface area contributed by atoms with Gasteiger partial charge in [-0.2, -0.15) is 0 Å². The van der Waals surface area contributed by atoms with E-state index >= 15 is 0 Å². The Kier molecular flexibility index (Phi) is 4.05. The summed E-state index contributed by atoms with van der Waals surface area (Å²) in [6, 6.07) is 18.9. The summed E-state index contributed by atoms with van der Waals surface area (Å²) in [6.07, 6.45) is 0. The monoisotopic (exact) mass is 318 g/mol. The van der Waals surface area contributed by atoms with Gasteiger partial charge in [0.25, 0.3) is 0 Å². The second-order valence-corrected chi connectivity index (χ2v) is 5.77. The third-order valence-corrected chi connectivity index (χ3v) is 4.89. The van der Waals surface area contributed by atoms with Gasteiger partial charge in [0.05, 0.1) is 0 Å². The van der Waals surface area contributed by atoms with Gasteiger partial charge in [0, 0.05) is 5.92 Å². The van der Waals surface area contributed by atoms with Gasteiger partial charge >= 0.3 is 5.97 Å². The molecule has 0 aliphatic rings. The summed E-state index contributed by atoms with van der Waals surface area (Å²) in [5.74, 6) is -1.07. The molecule has 3 heteroatoms. The van der Waals surface area contributed by atoms with Crippen LogP contribution in [-0.2, 0) is 9.12 Å². The van der Waals surface area contributed by atoms with E-state index in [2.05, 4.69) is 15.9 Å². The predicted molar refractivity (Wildman–Crippen MR) is 79.5 cm³/mol. The third-order valence-electron chi connectivity index (χ3n) is 3.40. The standard InChI is InChI=1S/C16H15BrO2/c1-12(13-8-4-2-5-9-13)16(17,15(18)19)14-10-6-3-7-11-14/h2-12H,1H3,(H,18,19). The van der Waals surface area contributed by atoms with Crippen molar-refractivity contribution in [1.29, 1.82) is 0 Å². The molecule has 0 fully saturated rings. The average Bonchev–Trinajstić information content (AvgIpc) is 2.47. The van der Waals surface area contributed by atoms with Gasteiger partial charge in [-0.3, -0.25) is 4.79 Å². The van der Waals surface area contributed by atoms with Gasteiger partial charge in [0.1, 0.15) is 0 Å². The Balaban J connectivity index is 2.49. The van der Waals surface area contributed by atoms with Crippen molar-refractivity contribution in [1.82, 2.24) is 0 Å². The Morgan fingerprint density at radius 1 is 1.05 bits per heavy atom. The molecule has 2 nitrogen and oxygen atoms in total. The summed E-state index contributed by atoms with van der Waals surface area (Å²) < 4.78 is -1.12. The summed E-state index contributed by atoms with van der Waals surface area (Å²) in [4.78, 5) is 11.8. The van der Waals surface area contributed by atoms with Gasteiger partial charge in [0.15, 0.2) is 4.32 Å². The first-order valence-electron chi connectivity index (χ1n) is 6.09. The summed E-state index contributed by atoms with van der Waals surface area (Å²) >= 11 is 3.46. The van der Waals surface area contributed by atoms with Crippen LogP contribution in [0.4, 0.5) is 0 Å². The lowest BCUT2D eigenvalue weighted by atomic mass is 9.82. The maximum Gasteiger partial charge on any atom is 0.325 e. The zero-order chi connectivity index (χ0) is 13.9. The number of rotatable bonds is 4. The van der Waals surface area contributed by atoms with Crippen LogP contribution >= 0.6 is 15.9 Å². The van der Waals surface area contributed by atoms with Crippen LogP contribution in [0.2, 0.25) is 0 Å². The molecule has 19 heavy (non-hydrogen) atoms. The van der Waals surface area contributed by atoms with E-state index in [4.69, 9.17) is 0 Å². The van der Waals surface area contributed by atoms with Gasteiger partial charge in [-0.15, -0.1) is 0 Å². The Bertz CT molecular complexity index is 553. The maximum absolute atomic E-state index is 11.8. The van der Waals surface area contributed by atoms with Crippen LogP contribution in [0.3, 0.4) is 0 Å². The molecule has 0 aliphatic carbocycles. The van der Waals surface area contributed by atoms with Gasteiger partial charge in [0.2, 0.25) is 0 Å². The quantitative estimate of drug-likeness (QED) is 0.859. The SMILES string of the molecule is CC(c1ccccc1)C(Br)(C(=O)O)c1ccccc1. The van der Waals surface area contributed by atoms with Crippen LogP contribution in [0, 0.1) is 0 Å². The van der Waals surface area contributed by atoms with Crippen LogP contribution in [0.1, 0.15) is 24.0 Å². The summed E-state index contributed by atoms with van der Waals surface area (Å²) in [7, 11) is 0. The first kappa shape index (κ1) is 13.8. The Morgan fingerprint density at radius 3 is 2.00 bits per heavy atom. The molecular formula is C16H15BrO2. The minimum Gasteiger partial charge on any atom is -0.480 e. The fourth-order valence-corrected chi connectivity index (χ4v) is 2.74. The molecule has 0 bridgehead atoms. The number of aliphatic carboxylic acids is 1. The van der Waals surface area contributed by atoms with Crippen molar-refractivity contribution in [3.63, 3.8) is 0 Å². The van der Waals surface area contributed by atoms with Crippen molar-refractivity contribution in [2.75, 3.05) is 0 Å². The predicted octanol–water partition coefficient (Wildman–Crippen LogP) is 4.17. The molecule has 2 aromatic rings. The molecule has 2 rings (SSSR count). The van der Waals surface area contributed by atoms with Crippen LogP contribution in [-0.4, -0.2) is 11.1 Å². The molecular weight excluding hydrogens is 304 g/mol. The second kappa shape index (κ2) is 5.57. The fraction of sp³-hybridized carbons (Fsp3) is 0.188. The normalized spacial score (nSPS) is 15.5. The van der Waals surface area contributed by atoms with Crippen LogP contribution < -0.4 is 0 Å². The minimum atomic E-state index is -1.12. The van der Waals surface area contributed by atoms with E-state index in [0.29, 0.717) is 0 Å². The lowest BCUT2D eigenvalue weighted by Gasteiger charge is -2.30. The molecule has 0 radical (unpaired) electrons. The summed E-state index contributed by atoms with van der Waals surface area (Å²) in [5, 5.41) is 9.67.